The zero-order chi connectivity index (χ0) is 12.4. The fraction of sp³-hybridized carbons (Fsp3) is 0.143. The lowest BCUT2D eigenvalue weighted by atomic mass is 10.2. The van der Waals surface area contributed by atoms with Crippen molar-refractivity contribution in [3.63, 3.8) is 0 Å². The van der Waals surface area contributed by atoms with Gasteiger partial charge in [0.2, 0.25) is 0 Å². The molecule has 3 rings (SSSR count). The Hall–Kier alpha value is -1.10. The van der Waals surface area contributed by atoms with Crippen molar-refractivity contribution in [2.75, 3.05) is 5.01 Å². The van der Waals surface area contributed by atoms with Gasteiger partial charge in [-0.3, -0.25) is 5.01 Å². The minimum absolute atomic E-state index is 0.00964. The van der Waals surface area contributed by atoms with Gasteiger partial charge in [0.15, 0.2) is 0 Å². The molecule has 1 N–H and O–H groups in total. The summed E-state index contributed by atoms with van der Waals surface area (Å²) in [5.41, 5.74) is 5.74. The lowest BCUT2D eigenvalue weighted by molar-refractivity contribution is 0.701. The maximum absolute atomic E-state index is 5.37. The Kier molecular flexibility index (Phi) is 3.50. The van der Waals surface area contributed by atoms with Crippen LogP contribution in [0.1, 0.15) is 10.9 Å². The van der Waals surface area contributed by atoms with Crippen molar-refractivity contribution in [2.24, 2.45) is 0 Å². The molecule has 1 saturated heterocycles. The van der Waals surface area contributed by atoms with E-state index in [-0.39, 0.29) is 10.1 Å². The van der Waals surface area contributed by atoms with E-state index < -0.39 is 0 Å². The van der Waals surface area contributed by atoms with Crippen LogP contribution < -0.4 is 10.4 Å². The molecule has 18 heavy (non-hydrogen) atoms. The van der Waals surface area contributed by atoms with E-state index in [4.69, 9.17) is 12.6 Å². The molecular weight excluding hydrogens is 260 g/mol. The van der Waals surface area contributed by atoms with E-state index in [0.29, 0.717) is 0 Å². The number of para-hydroxylation sites is 1. The highest BCUT2D eigenvalue weighted by molar-refractivity contribution is 8.06. The number of thioether (sulfide) groups is 1. The van der Waals surface area contributed by atoms with Crippen LogP contribution in [0, 0.1) is 0 Å². The summed E-state index contributed by atoms with van der Waals surface area (Å²) in [5, 5.41) is 2.38. The highest BCUT2D eigenvalue weighted by atomic mass is 32.2. The van der Waals surface area contributed by atoms with Gasteiger partial charge in [-0.25, -0.2) is 5.43 Å². The Morgan fingerprint density at radius 3 is 2.22 bits per heavy atom. The average Bonchev–Trinajstić information content (AvgIpc) is 2.83. The predicted octanol–water partition coefficient (Wildman–Crippen LogP) is 3.27. The monoisotopic (exact) mass is 273 g/mol. The van der Waals surface area contributed by atoms with E-state index in [1.165, 1.54) is 5.56 Å². The Balaban J connectivity index is 1.93. The summed E-state index contributed by atoms with van der Waals surface area (Å²) in [5.74, 6) is 0. The predicted molar refractivity (Wildman–Crippen MR) is 80.0 cm³/mol. The summed E-state index contributed by atoms with van der Waals surface area (Å²) in [7, 11) is 0. The molecule has 2 aromatic rings. The highest BCUT2D eigenvalue weighted by Gasteiger charge is 2.27. The molecule has 0 saturated carbocycles. The van der Waals surface area contributed by atoms with Crippen LogP contribution in [-0.2, 0) is 12.6 Å². The van der Waals surface area contributed by atoms with Crippen LogP contribution in [0.5, 0.6) is 0 Å². The number of anilines is 1. The lowest BCUT2D eigenvalue weighted by Gasteiger charge is -2.26. The van der Waals surface area contributed by atoms with E-state index in [2.05, 4.69) is 46.8 Å². The number of benzene rings is 2. The fourth-order valence-corrected chi connectivity index (χ4v) is 3.49. The van der Waals surface area contributed by atoms with Gasteiger partial charge in [0, 0.05) is 0 Å². The topological polar surface area (TPSA) is 15.3 Å². The molecule has 2 nitrogen and oxygen atoms in total. The van der Waals surface area contributed by atoms with Crippen LogP contribution in [-0.4, -0.2) is 4.71 Å². The van der Waals surface area contributed by atoms with Gasteiger partial charge in [-0.2, -0.15) is 0 Å². The third-order valence-electron chi connectivity index (χ3n) is 2.85. The van der Waals surface area contributed by atoms with Crippen molar-refractivity contribution in [2.45, 2.75) is 10.1 Å². The molecule has 92 valence electrons. The van der Waals surface area contributed by atoms with E-state index in [9.17, 15) is 0 Å². The van der Waals surface area contributed by atoms with Crippen LogP contribution in [0.3, 0.4) is 0 Å². The standard InChI is InChI=1S/C14H14N2S2/c17-14-15-16(12-9-5-2-6-10-12)13(18-14)11-7-3-1-4-8-11/h1-10,13-15,17H/p-1. The minimum Gasteiger partial charge on any atom is -0.761 e. The number of hydrogen-bond donors (Lipinski definition) is 1. The maximum Gasteiger partial charge on any atom is 0.115 e. The maximum atomic E-state index is 5.37. The van der Waals surface area contributed by atoms with Crippen molar-refractivity contribution in [1.82, 2.24) is 5.43 Å². The molecule has 0 aliphatic carbocycles. The first-order valence-electron chi connectivity index (χ1n) is 5.81. The number of hydrogen-bond acceptors (Lipinski definition) is 4. The van der Waals surface area contributed by atoms with Gasteiger partial charge in [0.05, 0.1) is 5.69 Å². The van der Waals surface area contributed by atoms with Crippen LogP contribution in [0.15, 0.2) is 60.7 Å². The normalized spacial score (nSPS) is 23.3. The quantitative estimate of drug-likeness (QED) is 0.844. The van der Waals surface area contributed by atoms with Gasteiger partial charge in [0.25, 0.3) is 0 Å². The summed E-state index contributed by atoms with van der Waals surface area (Å²) < 4.78 is 0.00964. The average molecular weight is 273 g/mol. The number of nitrogens with one attached hydrogen (secondary N) is 1. The first-order chi connectivity index (χ1) is 8.84. The zero-order valence-corrected chi connectivity index (χ0v) is 11.3. The molecule has 2 aromatic carbocycles. The molecule has 2 unspecified atom stereocenters. The molecule has 1 heterocycles. The molecule has 0 spiro atoms. The molecule has 0 aromatic heterocycles. The Morgan fingerprint density at radius 2 is 1.56 bits per heavy atom. The first-order valence-corrected chi connectivity index (χ1v) is 7.23. The summed E-state index contributed by atoms with van der Waals surface area (Å²) in [6.07, 6.45) is 0. The SMILES string of the molecule is [S-]C1NN(c2ccccc2)C(c2ccccc2)S1. The molecule has 0 bridgehead atoms. The fourth-order valence-electron chi connectivity index (χ4n) is 2.03. The van der Waals surface area contributed by atoms with E-state index in [0.717, 1.165) is 5.69 Å². The zero-order valence-electron chi connectivity index (χ0n) is 9.69. The smallest absolute Gasteiger partial charge is 0.115 e. The molecule has 2 atom stereocenters. The van der Waals surface area contributed by atoms with Crippen molar-refractivity contribution >= 4 is 30.1 Å². The minimum atomic E-state index is 0.00964. The van der Waals surface area contributed by atoms with Gasteiger partial charge in [-0.1, -0.05) is 48.5 Å². The highest BCUT2D eigenvalue weighted by Crippen LogP contribution is 2.41. The molecule has 1 aliphatic rings. The second kappa shape index (κ2) is 5.26. The molecular formula is C14H13N2S2-. The number of nitrogens with zero attached hydrogens (tertiary/aromatic N) is 1. The van der Waals surface area contributed by atoms with Gasteiger partial charge in [-0.15, -0.1) is 11.8 Å². The summed E-state index contributed by atoms with van der Waals surface area (Å²) in [4.78, 5) is 0. The van der Waals surface area contributed by atoms with Gasteiger partial charge in [0.1, 0.15) is 5.37 Å². The van der Waals surface area contributed by atoms with Gasteiger partial charge >= 0.3 is 0 Å². The Labute approximate surface area is 117 Å². The summed E-state index contributed by atoms with van der Waals surface area (Å²) in [6, 6.07) is 20.7. The second-order valence-electron chi connectivity index (χ2n) is 4.07. The summed E-state index contributed by atoms with van der Waals surface area (Å²) in [6.45, 7) is 0. The molecule has 1 fully saturated rings. The number of rotatable bonds is 2. The molecule has 0 radical (unpaired) electrons. The first kappa shape index (κ1) is 12.0. The number of hydrazine groups is 1. The van der Waals surface area contributed by atoms with Gasteiger partial charge in [-0.05, 0) is 22.4 Å². The van der Waals surface area contributed by atoms with Crippen molar-refractivity contribution in [3.8, 4) is 0 Å². The van der Waals surface area contributed by atoms with Crippen LogP contribution in [0.2, 0.25) is 0 Å². The van der Waals surface area contributed by atoms with Crippen LogP contribution >= 0.6 is 11.8 Å². The largest absolute Gasteiger partial charge is 0.761 e. The van der Waals surface area contributed by atoms with Crippen LogP contribution in [0.25, 0.3) is 0 Å². The summed E-state index contributed by atoms with van der Waals surface area (Å²) >= 11 is 7.12. The third-order valence-corrected chi connectivity index (χ3v) is 4.38. The molecule has 1 aliphatic heterocycles. The van der Waals surface area contributed by atoms with Crippen molar-refractivity contribution in [3.05, 3.63) is 66.2 Å². The second-order valence-corrected chi connectivity index (χ2v) is 6.03. The van der Waals surface area contributed by atoms with Crippen LogP contribution in [0.4, 0.5) is 5.69 Å². The van der Waals surface area contributed by atoms with E-state index in [1.54, 1.807) is 11.8 Å². The van der Waals surface area contributed by atoms with Gasteiger partial charge < -0.3 is 12.6 Å². The lowest BCUT2D eigenvalue weighted by Crippen LogP contribution is -2.35. The van der Waals surface area contributed by atoms with E-state index in [1.807, 2.05) is 24.3 Å². The molecule has 0 amide bonds. The third kappa shape index (κ3) is 2.36. The Morgan fingerprint density at radius 1 is 0.944 bits per heavy atom. The van der Waals surface area contributed by atoms with Crippen molar-refractivity contribution in [1.29, 1.82) is 0 Å². The van der Waals surface area contributed by atoms with Crippen molar-refractivity contribution < 1.29 is 0 Å². The van der Waals surface area contributed by atoms with E-state index >= 15 is 0 Å². The molecule has 4 heteroatoms. The Bertz CT molecular complexity index is 456.